The molecule has 29 heavy (non-hydrogen) atoms. The molecule has 0 atom stereocenters. The van der Waals surface area contributed by atoms with Crippen molar-refractivity contribution < 1.29 is 4.74 Å². The molecule has 0 unspecified atom stereocenters. The zero-order chi connectivity index (χ0) is 20.1. The summed E-state index contributed by atoms with van der Waals surface area (Å²) in [7, 11) is 0. The molecule has 0 spiro atoms. The molecule has 2 aromatic carbocycles. The van der Waals surface area contributed by atoms with Gasteiger partial charge in [0.15, 0.2) is 5.82 Å². The van der Waals surface area contributed by atoms with E-state index in [2.05, 4.69) is 52.6 Å². The first-order valence-electron chi connectivity index (χ1n) is 9.19. The van der Waals surface area contributed by atoms with Crippen molar-refractivity contribution in [3.63, 3.8) is 0 Å². The maximum absolute atomic E-state index is 6.03. The lowest BCUT2D eigenvalue weighted by atomic mass is 10.1. The highest BCUT2D eigenvalue weighted by Gasteiger charge is 2.08. The number of nitrogens with one attached hydrogen (secondary N) is 1. The number of hydrogen-bond acceptors (Lipinski definition) is 5. The van der Waals surface area contributed by atoms with Crippen LogP contribution in [0.5, 0.6) is 5.75 Å². The number of para-hydroxylation sites is 1. The van der Waals surface area contributed by atoms with Crippen molar-refractivity contribution in [3.05, 3.63) is 98.2 Å². The molecule has 0 aliphatic heterocycles. The van der Waals surface area contributed by atoms with Crippen LogP contribution < -0.4 is 4.74 Å². The van der Waals surface area contributed by atoms with Gasteiger partial charge in [-0.15, -0.1) is 11.3 Å². The molecule has 146 valence electrons. The van der Waals surface area contributed by atoms with Gasteiger partial charge in [-0.2, -0.15) is 14.9 Å². The maximum Gasteiger partial charge on any atom is 0.216 e. The SMILES string of the molecule is Cc1ccc(COc2ccccc2/C=N\n2c(Cc3cccs3)n[nH]c2=S)cc1. The second kappa shape index (κ2) is 8.98. The Morgan fingerprint density at radius 1 is 1.14 bits per heavy atom. The Hall–Kier alpha value is -3.03. The minimum atomic E-state index is 0.464. The van der Waals surface area contributed by atoms with Crippen LogP contribution in [0.15, 0.2) is 71.1 Å². The molecular weight excluding hydrogens is 400 g/mol. The van der Waals surface area contributed by atoms with Crippen molar-refractivity contribution >= 4 is 29.8 Å². The summed E-state index contributed by atoms with van der Waals surface area (Å²) in [6, 6.07) is 20.2. The molecular formula is C22H20N4OS2. The van der Waals surface area contributed by atoms with Gasteiger partial charge < -0.3 is 4.74 Å². The predicted molar refractivity (Wildman–Crippen MR) is 119 cm³/mol. The summed E-state index contributed by atoms with van der Waals surface area (Å²) in [5.41, 5.74) is 3.24. The second-order valence-electron chi connectivity index (χ2n) is 6.57. The summed E-state index contributed by atoms with van der Waals surface area (Å²) in [6.45, 7) is 2.57. The molecule has 0 fully saturated rings. The predicted octanol–water partition coefficient (Wildman–Crippen LogP) is 5.36. The number of ether oxygens (including phenoxy) is 1. The monoisotopic (exact) mass is 420 g/mol. The maximum atomic E-state index is 6.03. The number of nitrogens with zero attached hydrogens (tertiary/aromatic N) is 3. The van der Waals surface area contributed by atoms with E-state index in [4.69, 9.17) is 17.0 Å². The number of aromatic nitrogens is 3. The lowest BCUT2D eigenvalue weighted by Crippen LogP contribution is -2.01. The third-order valence-electron chi connectivity index (χ3n) is 4.38. The summed E-state index contributed by atoms with van der Waals surface area (Å²) in [4.78, 5) is 1.21. The van der Waals surface area contributed by atoms with Crippen molar-refractivity contribution in [1.82, 2.24) is 14.9 Å². The second-order valence-corrected chi connectivity index (χ2v) is 7.99. The van der Waals surface area contributed by atoms with Crippen molar-refractivity contribution in [3.8, 4) is 5.75 Å². The van der Waals surface area contributed by atoms with Gasteiger partial charge >= 0.3 is 0 Å². The Balaban J connectivity index is 1.53. The first kappa shape index (κ1) is 19.3. The van der Waals surface area contributed by atoms with Gasteiger partial charge in [0.25, 0.3) is 0 Å². The highest BCUT2D eigenvalue weighted by Crippen LogP contribution is 2.19. The number of rotatable bonds is 7. The summed E-state index contributed by atoms with van der Waals surface area (Å²) in [5.74, 6) is 1.54. The van der Waals surface area contributed by atoms with E-state index < -0.39 is 0 Å². The van der Waals surface area contributed by atoms with Gasteiger partial charge in [-0.3, -0.25) is 5.10 Å². The van der Waals surface area contributed by atoms with Crippen LogP contribution >= 0.6 is 23.6 Å². The normalized spacial score (nSPS) is 11.2. The van der Waals surface area contributed by atoms with Crippen LogP contribution in [0.1, 0.15) is 27.4 Å². The average Bonchev–Trinajstić information content (AvgIpc) is 3.37. The van der Waals surface area contributed by atoms with Gasteiger partial charge in [0, 0.05) is 16.9 Å². The third-order valence-corrected chi connectivity index (χ3v) is 5.52. The Labute approximate surface area is 178 Å². The van der Waals surface area contributed by atoms with E-state index in [1.54, 1.807) is 22.2 Å². The molecule has 1 N–H and O–H groups in total. The van der Waals surface area contributed by atoms with Gasteiger partial charge in [-0.25, -0.2) is 0 Å². The van der Waals surface area contributed by atoms with Gasteiger partial charge in [-0.05, 0) is 48.3 Å². The van der Waals surface area contributed by atoms with E-state index in [1.165, 1.54) is 10.4 Å². The number of hydrogen-bond donors (Lipinski definition) is 1. The standard InChI is InChI=1S/C22H20N4OS2/c1-16-8-10-17(11-9-16)15-27-20-7-3-2-5-18(20)14-23-26-21(24-25-22(26)28)13-19-6-4-12-29-19/h2-12,14H,13,15H2,1H3,(H,25,28)/b23-14-. The fourth-order valence-corrected chi connectivity index (χ4v) is 3.71. The summed E-state index contributed by atoms with van der Waals surface area (Å²) in [6.07, 6.45) is 2.43. The average molecular weight is 421 g/mol. The molecule has 5 nitrogen and oxygen atoms in total. The number of benzene rings is 2. The van der Waals surface area contributed by atoms with E-state index in [0.717, 1.165) is 22.7 Å². The van der Waals surface area contributed by atoms with Gasteiger partial charge in [0.05, 0.1) is 6.21 Å². The molecule has 4 rings (SSSR count). The first-order chi connectivity index (χ1) is 14.2. The number of aromatic amines is 1. The van der Waals surface area contributed by atoms with Gasteiger partial charge in [0.1, 0.15) is 12.4 Å². The highest BCUT2D eigenvalue weighted by molar-refractivity contribution is 7.71. The summed E-state index contributed by atoms with van der Waals surface area (Å²) in [5, 5.41) is 13.8. The highest BCUT2D eigenvalue weighted by atomic mass is 32.1. The van der Waals surface area contributed by atoms with E-state index >= 15 is 0 Å². The third kappa shape index (κ3) is 4.88. The molecule has 2 heterocycles. The van der Waals surface area contributed by atoms with E-state index in [0.29, 0.717) is 17.8 Å². The fourth-order valence-electron chi connectivity index (χ4n) is 2.81. The largest absolute Gasteiger partial charge is 0.488 e. The molecule has 0 saturated heterocycles. The fraction of sp³-hybridized carbons (Fsp3) is 0.136. The number of H-pyrrole nitrogens is 1. The molecule has 7 heteroatoms. The van der Waals surface area contributed by atoms with Crippen molar-refractivity contribution in [1.29, 1.82) is 0 Å². The molecule has 0 saturated carbocycles. The van der Waals surface area contributed by atoms with Gasteiger partial charge in [0.2, 0.25) is 4.77 Å². The van der Waals surface area contributed by atoms with Crippen LogP contribution in [-0.4, -0.2) is 21.1 Å². The zero-order valence-corrected chi connectivity index (χ0v) is 17.5. The van der Waals surface area contributed by atoms with Crippen LogP contribution in [-0.2, 0) is 13.0 Å². The van der Waals surface area contributed by atoms with Gasteiger partial charge in [-0.1, -0.05) is 48.0 Å². The molecule has 0 radical (unpaired) electrons. The summed E-state index contributed by atoms with van der Waals surface area (Å²) >= 11 is 7.03. The lowest BCUT2D eigenvalue weighted by molar-refractivity contribution is 0.306. The summed E-state index contributed by atoms with van der Waals surface area (Å²) < 4.78 is 8.15. The van der Waals surface area contributed by atoms with E-state index in [9.17, 15) is 0 Å². The van der Waals surface area contributed by atoms with Crippen molar-refractivity contribution in [2.24, 2.45) is 5.10 Å². The Kier molecular flexibility index (Phi) is 5.97. The number of aryl methyl sites for hydroxylation is 1. The first-order valence-corrected chi connectivity index (χ1v) is 10.5. The molecule has 0 amide bonds. The molecule has 0 aliphatic rings. The lowest BCUT2D eigenvalue weighted by Gasteiger charge is -2.09. The van der Waals surface area contributed by atoms with Crippen LogP contribution in [0.25, 0.3) is 0 Å². The minimum Gasteiger partial charge on any atom is -0.488 e. The Morgan fingerprint density at radius 2 is 1.97 bits per heavy atom. The topological polar surface area (TPSA) is 55.2 Å². The van der Waals surface area contributed by atoms with Crippen LogP contribution in [0.2, 0.25) is 0 Å². The minimum absolute atomic E-state index is 0.464. The van der Waals surface area contributed by atoms with Crippen molar-refractivity contribution in [2.45, 2.75) is 20.0 Å². The molecule has 0 bridgehead atoms. The van der Waals surface area contributed by atoms with E-state index in [-0.39, 0.29) is 0 Å². The van der Waals surface area contributed by atoms with Crippen LogP contribution in [0, 0.1) is 11.7 Å². The quantitative estimate of drug-likeness (QED) is 0.323. The van der Waals surface area contributed by atoms with Crippen LogP contribution in [0.4, 0.5) is 0 Å². The molecule has 0 aliphatic carbocycles. The van der Waals surface area contributed by atoms with Crippen molar-refractivity contribution in [2.75, 3.05) is 0 Å². The number of thiophene rings is 1. The zero-order valence-electron chi connectivity index (χ0n) is 15.9. The smallest absolute Gasteiger partial charge is 0.216 e. The van der Waals surface area contributed by atoms with E-state index in [1.807, 2.05) is 35.7 Å². The molecule has 4 aromatic rings. The Morgan fingerprint density at radius 3 is 2.76 bits per heavy atom. The van der Waals surface area contributed by atoms with Crippen LogP contribution in [0.3, 0.4) is 0 Å². The Bertz CT molecular complexity index is 1160. The molecule has 2 aromatic heterocycles.